The predicted octanol–water partition coefficient (Wildman–Crippen LogP) is 3.41. The van der Waals surface area contributed by atoms with E-state index < -0.39 is 21.6 Å². The number of halogens is 2. The molecule has 0 bridgehead atoms. The zero-order chi connectivity index (χ0) is 20.5. The number of carbonyl (C=O) groups excluding carboxylic acids is 1. The van der Waals surface area contributed by atoms with Gasteiger partial charge in [-0.2, -0.15) is 5.10 Å². The molecular weight excluding hydrogens is 407 g/mol. The highest BCUT2D eigenvalue weighted by Gasteiger charge is 2.22. The van der Waals surface area contributed by atoms with Gasteiger partial charge in [-0.1, -0.05) is 18.5 Å². The maximum absolute atomic E-state index is 14.3. The standard InChI is InChI=1S/C18H18ClFN4O3S/c1-3-6-28(26,27)23-14-5-4-13(20)17(18(14)19)15(25)8-12-9-21-16-7-11(2)22-24(16)10-12/h4-5,7,9-10,23H,3,6,8H2,1-2H3. The van der Waals surface area contributed by atoms with Crippen LogP contribution >= 0.6 is 11.6 Å². The SMILES string of the molecule is CCCS(=O)(=O)Nc1ccc(F)c(C(=O)Cc2cnc3cc(C)nn3c2)c1Cl. The summed E-state index contributed by atoms with van der Waals surface area (Å²) in [6.45, 7) is 3.53. The van der Waals surface area contributed by atoms with Gasteiger partial charge in [0.2, 0.25) is 10.0 Å². The highest BCUT2D eigenvalue weighted by Crippen LogP contribution is 2.30. The quantitative estimate of drug-likeness (QED) is 0.586. The Kier molecular flexibility index (Phi) is 5.66. The van der Waals surface area contributed by atoms with Crippen LogP contribution in [0.25, 0.3) is 5.65 Å². The minimum atomic E-state index is -3.63. The van der Waals surface area contributed by atoms with Crippen LogP contribution in [-0.4, -0.2) is 34.6 Å². The molecule has 0 spiro atoms. The van der Waals surface area contributed by atoms with E-state index in [-0.39, 0.29) is 28.4 Å². The molecule has 0 aliphatic carbocycles. The number of benzene rings is 1. The average Bonchev–Trinajstić information content (AvgIpc) is 2.96. The van der Waals surface area contributed by atoms with Crippen LogP contribution < -0.4 is 4.72 Å². The summed E-state index contributed by atoms with van der Waals surface area (Å²) in [5.41, 5.74) is 1.53. The molecule has 7 nitrogen and oxygen atoms in total. The third-order valence-electron chi connectivity index (χ3n) is 3.96. The van der Waals surface area contributed by atoms with Crippen molar-refractivity contribution in [1.82, 2.24) is 14.6 Å². The van der Waals surface area contributed by atoms with E-state index in [2.05, 4.69) is 14.8 Å². The third kappa shape index (κ3) is 4.31. The van der Waals surface area contributed by atoms with Crippen molar-refractivity contribution >= 4 is 38.7 Å². The first-order chi connectivity index (χ1) is 13.2. The normalized spacial score (nSPS) is 11.7. The number of carbonyl (C=O) groups is 1. The number of fused-ring (bicyclic) bond motifs is 1. The zero-order valence-electron chi connectivity index (χ0n) is 15.2. The molecule has 1 N–H and O–H groups in total. The van der Waals surface area contributed by atoms with E-state index in [1.807, 2.05) is 6.92 Å². The first kappa shape index (κ1) is 20.2. The van der Waals surface area contributed by atoms with Gasteiger partial charge in [-0.3, -0.25) is 9.52 Å². The fourth-order valence-corrected chi connectivity index (χ4v) is 4.28. The van der Waals surface area contributed by atoms with Gasteiger partial charge in [0.15, 0.2) is 11.4 Å². The average molecular weight is 425 g/mol. The van der Waals surface area contributed by atoms with Crippen LogP contribution in [0, 0.1) is 12.7 Å². The summed E-state index contributed by atoms with van der Waals surface area (Å²) in [7, 11) is -3.63. The van der Waals surface area contributed by atoms with Gasteiger partial charge < -0.3 is 0 Å². The fraction of sp³-hybridized carbons (Fsp3) is 0.278. The predicted molar refractivity (Wildman–Crippen MR) is 105 cm³/mol. The van der Waals surface area contributed by atoms with Gasteiger partial charge in [-0.25, -0.2) is 22.3 Å². The minimum absolute atomic E-state index is 0.0313. The molecule has 0 atom stereocenters. The van der Waals surface area contributed by atoms with Gasteiger partial charge in [0.05, 0.1) is 27.7 Å². The van der Waals surface area contributed by atoms with E-state index in [0.717, 1.165) is 11.8 Å². The molecule has 0 aliphatic heterocycles. The monoisotopic (exact) mass is 424 g/mol. The van der Waals surface area contributed by atoms with Crippen molar-refractivity contribution in [2.24, 2.45) is 0 Å². The van der Waals surface area contributed by atoms with E-state index in [9.17, 15) is 17.6 Å². The number of nitrogens with one attached hydrogen (secondary N) is 1. The van der Waals surface area contributed by atoms with Crippen molar-refractivity contribution in [3.63, 3.8) is 0 Å². The molecule has 0 aliphatic rings. The number of nitrogens with zero attached hydrogens (tertiary/aromatic N) is 3. The lowest BCUT2D eigenvalue weighted by molar-refractivity contribution is 0.0989. The van der Waals surface area contributed by atoms with Gasteiger partial charge >= 0.3 is 0 Å². The van der Waals surface area contributed by atoms with Crippen LogP contribution in [0.15, 0.2) is 30.6 Å². The Bertz CT molecular complexity index is 1160. The lowest BCUT2D eigenvalue weighted by Crippen LogP contribution is -2.17. The molecule has 10 heteroatoms. The highest BCUT2D eigenvalue weighted by molar-refractivity contribution is 7.92. The number of Topliss-reactive ketones (excluding diaryl/α,β-unsaturated/α-hetero) is 1. The van der Waals surface area contributed by atoms with E-state index in [1.54, 1.807) is 19.2 Å². The van der Waals surface area contributed by atoms with E-state index in [4.69, 9.17) is 11.6 Å². The van der Waals surface area contributed by atoms with Gasteiger partial charge in [0.25, 0.3) is 0 Å². The summed E-state index contributed by atoms with van der Waals surface area (Å²) >= 11 is 6.16. The zero-order valence-corrected chi connectivity index (χ0v) is 16.8. The number of sulfonamides is 1. The second-order valence-electron chi connectivity index (χ2n) is 6.36. The number of aromatic nitrogens is 3. The Morgan fingerprint density at radius 3 is 2.82 bits per heavy atom. The number of hydrogen-bond acceptors (Lipinski definition) is 5. The summed E-state index contributed by atoms with van der Waals surface area (Å²) in [5.74, 6) is -1.53. The summed E-state index contributed by atoms with van der Waals surface area (Å²) < 4.78 is 42.1. The smallest absolute Gasteiger partial charge is 0.232 e. The molecule has 148 valence electrons. The number of ketones is 1. The van der Waals surface area contributed by atoms with E-state index >= 15 is 0 Å². The molecule has 3 aromatic rings. The molecule has 0 radical (unpaired) electrons. The maximum Gasteiger partial charge on any atom is 0.232 e. The molecule has 28 heavy (non-hydrogen) atoms. The molecule has 0 saturated carbocycles. The first-order valence-corrected chi connectivity index (χ1v) is 10.6. The summed E-state index contributed by atoms with van der Waals surface area (Å²) in [5, 5.41) is 3.96. The largest absolute Gasteiger partial charge is 0.294 e. The Labute approximate surface area is 166 Å². The maximum atomic E-state index is 14.3. The molecule has 2 heterocycles. The molecule has 1 aromatic carbocycles. The number of rotatable bonds is 7. The number of anilines is 1. The Morgan fingerprint density at radius 1 is 1.36 bits per heavy atom. The van der Waals surface area contributed by atoms with Crippen molar-refractivity contribution in [3.8, 4) is 0 Å². The molecule has 0 saturated heterocycles. The van der Waals surface area contributed by atoms with Gasteiger partial charge in [-0.15, -0.1) is 0 Å². The number of aryl methyl sites for hydroxylation is 1. The second kappa shape index (κ2) is 7.84. The Balaban J connectivity index is 1.90. The van der Waals surface area contributed by atoms with Gasteiger partial charge in [0.1, 0.15) is 5.82 Å². The minimum Gasteiger partial charge on any atom is -0.294 e. The molecule has 0 fully saturated rings. The highest BCUT2D eigenvalue weighted by atomic mass is 35.5. The van der Waals surface area contributed by atoms with E-state index in [1.165, 1.54) is 16.8 Å². The van der Waals surface area contributed by atoms with Crippen LogP contribution in [0.4, 0.5) is 10.1 Å². The lowest BCUT2D eigenvalue weighted by atomic mass is 10.0. The number of hydrogen-bond donors (Lipinski definition) is 1. The first-order valence-electron chi connectivity index (χ1n) is 8.53. The van der Waals surface area contributed by atoms with Crippen LogP contribution in [0.2, 0.25) is 5.02 Å². The molecule has 3 rings (SSSR count). The Morgan fingerprint density at radius 2 is 2.11 bits per heavy atom. The van der Waals surface area contributed by atoms with Crippen LogP contribution in [0.1, 0.15) is 35.0 Å². The van der Waals surface area contributed by atoms with Gasteiger partial charge in [0, 0.05) is 24.9 Å². The molecular formula is C18H18ClFN4O3S. The third-order valence-corrected chi connectivity index (χ3v) is 5.83. The summed E-state index contributed by atoms with van der Waals surface area (Å²) in [4.78, 5) is 16.9. The van der Waals surface area contributed by atoms with Crippen molar-refractivity contribution in [3.05, 3.63) is 58.3 Å². The lowest BCUT2D eigenvalue weighted by Gasteiger charge is -2.12. The second-order valence-corrected chi connectivity index (χ2v) is 8.58. The van der Waals surface area contributed by atoms with Crippen LogP contribution in [0.3, 0.4) is 0 Å². The van der Waals surface area contributed by atoms with Crippen molar-refractivity contribution in [1.29, 1.82) is 0 Å². The Hall–Kier alpha value is -2.52. The van der Waals surface area contributed by atoms with E-state index in [0.29, 0.717) is 17.6 Å². The summed E-state index contributed by atoms with van der Waals surface area (Å²) in [6.07, 6.45) is 3.38. The fourth-order valence-electron chi connectivity index (χ4n) is 2.77. The van der Waals surface area contributed by atoms with Crippen molar-refractivity contribution in [2.75, 3.05) is 10.5 Å². The van der Waals surface area contributed by atoms with Crippen molar-refractivity contribution < 1.29 is 17.6 Å². The van der Waals surface area contributed by atoms with Crippen molar-refractivity contribution in [2.45, 2.75) is 26.7 Å². The molecule has 2 aromatic heterocycles. The van der Waals surface area contributed by atoms with Gasteiger partial charge in [-0.05, 0) is 31.0 Å². The summed E-state index contributed by atoms with van der Waals surface area (Å²) in [6, 6.07) is 4.00. The van der Waals surface area contributed by atoms with Crippen LogP contribution in [-0.2, 0) is 16.4 Å². The molecule has 0 unspecified atom stereocenters. The van der Waals surface area contributed by atoms with Crippen LogP contribution in [0.5, 0.6) is 0 Å². The molecule has 0 amide bonds. The topological polar surface area (TPSA) is 93.4 Å².